The Morgan fingerprint density at radius 1 is 0.800 bits per heavy atom. The monoisotopic (exact) mass is 445 g/mol. The average molecular weight is 445 g/mol. The highest BCUT2D eigenvalue weighted by molar-refractivity contribution is 4.98. The lowest BCUT2D eigenvalue weighted by molar-refractivity contribution is -0.387. The second kappa shape index (κ2) is 11.3. The molecule has 30 heavy (non-hydrogen) atoms. The van der Waals surface area contributed by atoms with Crippen molar-refractivity contribution >= 4 is 0 Å². The molecule has 2 aliphatic heterocycles. The van der Waals surface area contributed by atoms with Gasteiger partial charge < -0.3 is 60.2 Å². The zero-order chi connectivity index (χ0) is 22.5. The average Bonchev–Trinajstić information content (AvgIpc) is 2.98. The van der Waals surface area contributed by atoms with Crippen LogP contribution >= 0.6 is 0 Å². The number of aliphatic hydroxyl groups is 9. The van der Waals surface area contributed by atoms with E-state index in [0.717, 1.165) is 0 Å². The first kappa shape index (κ1) is 25.7. The summed E-state index contributed by atoms with van der Waals surface area (Å²) < 4.78 is 16.0. The fourth-order valence-electron chi connectivity index (χ4n) is 3.26. The third-order valence-corrected chi connectivity index (χ3v) is 5.01. The maximum Gasteiger partial charge on any atom is 0.224 e. The predicted octanol–water partition coefficient (Wildman–Crippen LogP) is -6.17. The SMILES string of the molecule is OCCN(CCO)OC[C@H]1O[C@H](O[C@]2(CO)O[C@H](CO)[C@@H](O)[C@@H]2O)[C@H](O)[C@@H](O)[C@@H]1O. The molecule has 14 heteroatoms. The molecule has 0 aromatic carbocycles. The van der Waals surface area contributed by atoms with E-state index in [9.17, 15) is 35.7 Å². The maximum atomic E-state index is 10.2. The Balaban J connectivity index is 2.10. The van der Waals surface area contributed by atoms with Crippen LogP contribution in [0.3, 0.4) is 0 Å². The summed E-state index contributed by atoms with van der Waals surface area (Å²) in [6.07, 6.45) is -12.9. The first-order valence-electron chi connectivity index (χ1n) is 9.47. The number of hydrogen-bond donors (Lipinski definition) is 9. The Kier molecular flexibility index (Phi) is 9.72. The summed E-state index contributed by atoms with van der Waals surface area (Å²) in [4.78, 5) is 5.34. The van der Waals surface area contributed by atoms with Gasteiger partial charge in [-0.15, -0.1) is 0 Å². The number of rotatable bonds is 11. The number of aliphatic hydroxyl groups excluding tert-OH is 9. The van der Waals surface area contributed by atoms with E-state index in [2.05, 4.69) is 0 Å². The molecule has 9 N–H and O–H groups in total. The first-order valence-corrected chi connectivity index (χ1v) is 9.47. The summed E-state index contributed by atoms with van der Waals surface area (Å²) >= 11 is 0. The van der Waals surface area contributed by atoms with E-state index >= 15 is 0 Å². The quantitative estimate of drug-likeness (QED) is 0.135. The first-order chi connectivity index (χ1) is 14.2. The lowest BCUT2D eigenvalue weighted by atomic mass is 9.99. The van der Waals surface area contributed by atoms with E-state index < -0.39 is 68.0 Å². The van der Waals surface area contributed by atoms with Crippen molar-refractivity contribution < 1.29 is 65.0 Å². The molecule has 0 aromatic rings. The van der Waals surface area contributed by atoms with E-state index in [0.29, 0.717) is 0 Å². The van der Waals surface area contributed by atoms with Crippen LogP contribution in [-0.2, 0) is 19.0 Å². The molecule has 2 fully saturated rings. The Labute approximate surface area is 172 Å². The van der Waals surface area contributed by atoms with Crippen molar-refractivity contribution in [2.24, 2.45) is 0 Å². The van der Waals surface area contributed by atoms with E-state index in [-0.39, 0.29) is 32.9 Å². The summed E-state index contributed by atoms with van der Waals surface area (Å²) in [7, 11) is 0. The number of hydroxylamine groups is 2. The fraction of sp³-hybridized carbons (Fsp3) is 1.00. The van der Waals surface area contributed by atoms with Crippen LogP contribution in [-0.4, -0.2) is 152 Å². The van der Waals surface area contributed by atoms with Crippen LogP contribution in [0.4, 0.5) is 0 Å². The molecule has 2 heterocycles. The van der Waals surface area contributed by atoms with Gasteiger partial charge in [0.25, 0.3) is 0 Å². The van der Waals surface area contributed by atoms with Gasteiger partial charge in [0.1, 0.15) is 49.3 Å². The molecule has 0 spiro atoms. The smallest absolute Gasteiger partial charge is 0.224 e. The summed E-state index contributed by atoms with van der Waals surface area (Å²) in [5.41, 5.74) is 0. The normalized spacial score (nSPS) is 42.2. The van der Waals surface area contributed by atoms with Gasteiger partial charge in [0.15, 0.2) is 6.29 Å². The molecule has 0 bridgehead atoms. The van der Waals surface area contributed by atoms with Crippen LogP contribution < -0.4 is 0 Å². The molecule has 0 amide bonds. The second-order valence-electron chi connectivity index (χ2n) is 7.05. The molecule has 0 radical (unpaired) electrons. The summed E-state index contributed by atoms with van der Waals surface area (Å²) in [6.45, 7) is -2.52. The van der Waals surface area contributed by atoms with Crippen LogP contribution in [0.25, 0.3) is 0 Å². The van der Waals surface area contributed by atoms with E-state index in [1.807, 2.05) is 0 Å². The van der Waals surface area contributed by atoms with E-state index in [1.54, 1.807) is 0 Å². The summed E-state index contributed by atoms with van der Waals surface area (Å²) in [5.74, 6) is -2.27. The van der Waals surface area contributed by atoms with Gasteiger partial charge in [-0.2, -0.15) is 5.06 Å². The summed E-state index contributed by atoms with van der Waals surface area (Å²) in [5, 5.41) is 88.7. The van der Waals surface area contributed by atoms with Gasteiger partial charge in [-0.25, -0.2) is 0 Å². The number of ether oxygens (including phenoxy) is 3. The molecule has 2 saturated heterocycles. The molecule has 0 aromatic heterocycles. The molecule has 178 valence electrons. The zero-order valence-corrected chi connectivity index (χ0v) is 16.2. The van der Waals surface area contributed by atoms with Crippen LogP contribution in [0.5, 0.6) is 0 Å². The van der Waals surface area contributed by atoms with Crippen molar-refractivity contribution in [2.45, 2.75) is 54.8 Å². The zero-order valence-electron chi connectivity index (χ0n) is 16.2. The third kappa shape index (κ3) is 5.43. The highest BCUT2D eigenvalue weighted by atomic mass is 16.8. The molecule has 2 aliphatic rings. The summed E-state index contributed by atoms with van der Waals surface area (Å²) in [6, 6.07) is 0. The van der Waals surface area contributed by atoms with Gasteiger partial charge in [-0.05, 0) is 0 Å². The molecule has 9 atom stereocenters. The maximum absolute atomic E-state index is 10.2. The molecule has 0 unspecified atom stereocenters. The minimum Gasteiger partial charge on any atom is -0.395 e. The van der Waals surface area contributed by atoms with Crippen molar-refractivity contribution in [3.8, 4) is 0 Å². The number of hydrogen-bond acceptors (Lipinski definition) is 14. The molecule has 0 saturated carbocycles. The van der Waals surface area contributed by atoms with Crippen LogP contribution in [0.2, 0.25) is 0 Å². The topological polar surface area (TPSA) is 222 Å². The van der Waals surface area contributed by atoms with Crippen molar-refractivity contribution in [1.82, 2.24) is 5.06 Å². The Morgan fingerprint density at radius 3 is 1.93 bits per heavy atom. The van der Waals surface area contributed by atoms with Crippen molar-refractivity contribution in [1.29, 1.82) is 0 Å². The highest BCUT2D eigenvalue weighted by Crippen LogP contribution is 2.36. The standard InChI is InChI=1S/C16H31NO13/c18-3-1-17(2-4-19)27-6-9-10(22)12(24)13(25)15(28-9)30-16(7-21)14(26)11(23)8(5-20)29-16/h8-15,18-26H,1-7H2/t8-,9-,10-,11-,12+,13-,14+,15-,16+/m1/s1. The molecule has 2 rings (SSSR count). The van der Waals surface area contributed by atoms with Gasteiger partial charge in [0.05, 0.1) is 26.4 Å². The minimum atomic E-state index is -2.27. The lowest BCUT2D eigenvalue weighted by Gasteiger charge is -2.43. The van der Waals surface area contributed by atoms with Crippen LogP contribution in [0.1, 0.15) is 0 Å². The van der Waals surface area contributed by atoms with Gasteiger partial charge in [-0.1, -0.05) is 0 Å². The van der Waals surface area contributed by atoms with Crippen LogP contribution in [0, 0.1) is 0 Å². The second-order valence-corrected chi connectivity index (χ2v) is 7.05. The lowest BCUT2D eigenvalue weighted by Crippen LogP contribution is -2.63. The van der Waals surface area contributed by atoms with Gasteiger partial charge in [-0.3, -0.25) is 4.84 Å². The van der Waals surface area contributed by atoms with E-state index in [1.165, 1.54) is 5.06 Å². The molecule has 0 aliphatic carbocycles. The Hall–Kier alpha value is -0.560. The van der Waals surface area contributed by atoms with Crippen LogP contribution in [0.15, 0.2) is 0 Å². The Bertz CT molecular complexity index is 510. The molecule has 14 nitrogen and oxygen atoms in total. The minimum absolute atomic E-state index is 0.0442. The molecular weight excluding hydrogens is 414 g/mol. The van der Waals surface area contributed by atoms with Gasteiger partial charge in [0, 0.05) is 13.1 Å². The van der Waals surface area contributed by atoms with Gasteiger partial charge in [0.2, 0.25) is 5.79 Å². The fourth-order valence-corrected chi connectivity index (χ4v) is 3.26. The van der Waals surface area contributed by atoms with E-state index in [4.69, 9.17) is 29.3 Å². The predicted molar refractivity (Wildman–Crippen MR) is 93.3 cm³/mol. The number of nitrogens with zero attached hydrogens (tertiary/aromatic N) is 1. The van der Waals surface area contributed by atoms with Gasteiger partial charge >= 0.3 is 0 Å². The molecular formula is C16H31NO13. The van der Waals surface area contributed by atoms with Crippen molar-refractivity contribution in [2.75, 3.05) is 46.1 Å². The Morgan fingerprint density at radius 2 is 1.43 bits per heavy atom. The third-order valence-electron chi connectivity index (χ3n) is 5.01. The van der Waals surface area contributed by atoms with Crippen molar-refractivity contribution in [3.63, 3.8) is 0 Å². The van der Waals surface area contributed by atoms with Crippen molar-refractivity contribution in [3.05, 3.63) is 0 Å². The highest BCUT2D eigenvalue weighted by Gasteiger charge is 2.58. The largest absolute Gasteiger partial charge is 0.395 e.